The zero-order chi connectivity index (χ0) is 10.9. The fraction of sp³-hybridized carbons (Fsp3) is 0.538. The van der Waals surface area contributed by atoms with E-state index in [1.807, 2.05) is 0 Å². The van der Waals surface area contributed by atoms with Gasteiger partial charge in [-0.3, -0.25) is 11.3 Å². The summed E-state index contributed by atoms with van der Waals surface area (Å²) in [6, 6.07) is 9.15. The van der Waals surface area contributed by atoms with Crippen molar-refractivity contribution in [3.63, 3.8) is 0 Å². The van der Waals surface area contributed by atoms with E-state index in [0.29, 0.717) is 11.5 Å². The van der Waals surface area contributed by atoms with Gasteiger partial charge in [-0.2, -0.15) is 0 Å². The predicted molar refractivity (Wildman–Crippen MR) is 63.3 cm³/mol. The quantitative estimate of drug-likeness (QED) is 0.582. The first-order chi connectivity index (χ1) is 7.14. The maximum Gasteiger partial charge on any atom is 0.0304 e. The minimum absolute atomic E-state index is 0.417. The SMILES string of the molecule is Cc1ccc(CC(NN)C2(C)CC2)cc1. The summed E-state index contributed by atoms with van der Waals surface area (Å²) >= 11 is 0. The number of nitrogens with two attached hydrogens (primary N) is 1. The molecular weight excluding hydrogens is 184 g/mol. The van der Waals surface area contributed by atoms with E-state index >= 15 is 0 Å². The molecule has 1 aliphatic carbocycles. The van der Waals surface area contributed by atoms with Crippen molar-refractivity contribution in [2.75, 3.05) is 0 Å². The van der Waals surface area contributed by atoms with Crippen molar-refractivity contribution in [1.82, 2.24) is 5.43 Å². The van der Waals surface area contributed by atoms with Gasteiger partial charge in [-0.1, -0.05) is 36.8 Å². The zero-order valence-corrected chi connectivity index (χ0v) is 9.59. The van der Waals surface area contributed by atoms with E-state index < -0.39 is 0 Å². The van der Waals surface area contributed by atoms with Crippen molar-refractivity contribution >= 4 is 0 Å². The Labute approximate surface area is 91.8 Å². The van der Waals surface area contributed by atoms with Crippen molar-refractivity contribution in [2.24, 2.45) is 11.3 Å². The van der Waals surface area contributed by atoms with E-state index in [1.54, 1.807) is 0 Å². The van der Waals surface area contributed by atoms with Gasteiger partial charge in [0.15, 0.2) is 0 Å². The number of hydrazine groups is 1. The lowest BCUT2D eigenvalue weighted by Crippen LogP contribution is -2.42. The molecule has 0 aliphatic heterocycles. The summed E-state index contributed by atoms with van der Waals surface area (Å²) in [4.78, 5) is 0. The number of rotatable bonds is 4. The molecule has 15 heavy (non-hydrogen) atoms. The Morgan fingerprint density at radius 3 is 2.40 bits per heavy atom. The maximum atomic E-state index is 5.63. The predicted octanol–water partition coefficient (Wildman–Crippen LogP) is 2.17. The lowest BCUT2D eigenvalue weighted by Gasteiger charge is -2.22. The van der Waals surface area contributed by atoms with Crippen molar-refractivity contribution in [2.45, 2.75) is 39.2 Å². The highest BCUT2D eigenvalue weighted by Gasteiger charge is 2.44. The van der Waals surface area contributed by atoms with Crippen molar-refractivity contribution < 1.29 is 0 Å². The molecule has 2 nitrogen and oxygen atoms in total. The van der Waals surface area contributed by atoms with E-state index in [2.05, 4.69) is 43.5 Å². The molecule has 1 aliphatic rings. The van der Waals surface area contributed by atoms with Crippen LogP contribution in [0.4, 0.5) is 0 Å². The summed E-state index contributed by atoms with van der Waals surface area (Å²) in [5, 5.41) is 0. The van der Waals surface area contributed by atoms with Crippen LogP contribution in [0.25, 0.3) is 0 Å². The monoisotopic (exact) mass is 204 g/mol. The molecule has 2 heteroatoms. The van der Waals surface area contributed by atoms with Gasteiger partial charge < -0.3 is 0 Å². The fourth-order valence-electron chi connectivity index (χ4n) is 2.01. The van der Waals surface area contributed by atoms with Gasteiger partial charge in [0.1, 0.15) is 0 Å². The second-order valence-electron chi connectivity index (χ2n) is 5.06. The summed E-state index contributed by atoms with van der Waals surface area (Å²) < 4.78 is 0. The molecule has 82 valence electrons. The summed E-state index contributed by atoms with van der Waals surface area (Å²) in [5.41, 5.74) is 6.08. The molecule has 1 aromatic carbocycles. The van der Waals surface area contributed by atoms with Crippen LogP contribution in [0.3, 0.4) is 0 Å². The van der Waals surface area contributed by atoms with E-state index in [9.17, 15) is 0 Å². The Bertz CT molecular complexity index is 325. The topological polar surface area (TPSA) is 38.0 Å². The fourth-order valence-corrected chi connectivity index (χ4v) is 2.01. The second-order valence-corrected chi connectivity index (χ2v) is 5.06. The number of aryl methyl sites for hydroxylation is 1. The average Bonchev–Trinajstić information content (AvgIpc) is 2.96. The van der Waals surface area contributed by atoms with Crippen LogP contribution in [0.5, 0.6) is 0 Å². The molecule has 0 heterocycles. The molecule has 1 aromatic rings. The molecule has 0 aromatic heterocycles. The first kappa shape index (κ1) is 10.7. The lowest BCUT2D eigenvalue weighted by atomic mass is 9.93. The Morgan fingerprint density at radius 1 is 1.33 bits per heavy atom. The molecule has 1 fully saturated rings. The van der Waals surface area contributed by atoms with Gasteiger partial charge in [0, 0.05) is 6.04 Å². The van der Waals surface area contributed by atoms with Crippen LogP contribution < -0.4 is 11.3 Å². The van der Waals surface area contributed by atoms with Crippen LogP contribution in [0.15, 0.2) is 24.3 Å². The minimum Gasteiger partial charge on any atom is -0.271 e. The Morgan fingerprint density at radius 2 is 1.93 bits per heavy atom. The van der Waals surface area contributed by atoms with E-state index in [0.717, 1.165) is 6.42 Å². The van der Waals surface area contributed by atoms with Gasteiger partial charge in [0.25, 0.3) is 0 Å². The van der Waals surface area contributed by atoms with Gasteiger partial charge in [0.2, 0.25) is 0 Å². The molecule has 0 radical (unpaired) electrons. The Hall–Kier alpha value is -0.860. The average molecular weight is 204 g/mol. The number of benzene rings is 1. The molecule has 1 atom stereocenters. The smallest absolute Gasteiger partial charge is 0.0304 e. The van der Waals surface area contributed by atoms with Gasteiger partial charge in [-0.15, -0.1) is 0 Å². The zero-order valence-electron chi connectivity index (χ0n) is 9.59. The van der Waals surface area contributed by atoms with Crippen LogP contribution in [-0.2, 0) is 6.42 Å². The molecular formula is C13H20N2. The van der Waals surface area contributed by atoms with Crippen LogP contribution in [0.2, 0.25) is 0 Å². The molecule has 0 spiro atoms. The van der Waals surface area contributed by atoms with Gasteiger partial charge >= 0.3 is 0 Å². The Kier molecular flexibility index (Phi) is 2.81. The molecule has 3 N–H and O–H groups in total. The highest BCUT2D eigenvalue weighted by molar-refractivity contribution is 5.23. The highest BCUT2D eigenvalue weighted by Crippen LogP contribution is 2.48. The molecule has 2 rings (SSSR count). The first-order valence-electron chi connectivity index (χ1n) is 5.66. The van der Waals surface area contributed by atoms with Crippen LogP contribution in [0.1, 0.15) is 30.9 Å². The minimum atomic E-state index is 0.417. The van der Waals surface area contributed by atoms with Crippen LogP contribution in [-0.4, -0.2) is 6.04 Å². The standard InChI is InChI=1S/C13H20N2/c1-10-3-5-11(6-4-10)9-12(15-14)13(2)7-8-13/h3-6,12,15H,7-9,14H2,1-2H3. The third-order valence-electron chi connectivity index (χ3n) is 3.64. The molecule has 1 unspecified atom stereocenters. The van der Waals surface area contributed by atoms with Gasteiger partial charge in [-0.05, 0) is 37.2 Å². The van der Waals surface area contributed by atoms with Crippen LogP contribution >= 0.6 is 0 Å². The summed E-state index contributed by atoms with van der Waals surface area (Å²) in [5.74, 6) is 5.63. The number of hydrogen-bond acceptors (Lipinski definition) is 2. The van der Waals surface area contributed by atoms with E-state index in [4.69, 9.17) is 5.84 Å². The highest BCUT2D eigenvalue weighted by atomic mass is 15.2. The van der Waals surface area contributed by atoms with E-state index in [1.165, 1.54) is 24.0 Å². The number of nitrogens with one attached hydrogen (secondary N) is 1. The number of hydrogen-bond donors (Lipinski definition) is 2. The van der Waals surface area contributed by atoms with Crippen molar-refractivity contribution in [3.05, 3.63) is 35.4 Å². The maximum absolute atomic E-state index is 5.63. The third kappa shape index (κ3) is 2.39. The second kappa shape index (κ2) is 3.95. The summed E-state index contributed by atoms with van der Waals surface area (Å²) in [7, 11) is 0. The van der Waals surface area contributed by atoms with Crippen molar-refractivity contribution in [3.8, 4) is 0 Å². The third-order valence-corrected chi connectivity index (χ3v) is 3.64. The van der Waals surface area contributed by atoms with Gasteiger partial charge in [-0.25, -0.2) is 0 Å². The summed E-state index contributed by atoms with van der Waals surface area (Å²) in [6.45, 7) is 4.43. The summed E-state index contributed by atoms with van der Waals surface area (Å²) in [6.07, 6.45) is 3.63. The molecule has 0 amide bonds. The van der Waals surface area contributed by atoms with Crippen molar-refractivity contribution in [1.29, 1.82) is 0 Å². The molecule has 0 saturated heterocycles. The Balaban J connectivity index is 2.03. The molecule has 1 saturated carbocycles. The van der Waals surface area contributed by atoms with E-state index in [-0.39, 0.29) is 0 Å². The normalized spacial score (nSPS) is 19.9. The largest absolute Gasteiger partial charge is 0.271 e. The van der Waals surface area contributed by atoms with Crippen LogP contribution in [0, 0.1) is 12.3 Å². The van der Waals surface area contributed by atoms with Gasteiger partial charge in [0.05, 0.1) is 0 Å². The first-order valence-corrected chi connectivity index (χ1v) is 5.66. The lowest BCUT2D eigenvalue weighted by molar-refractivity contribution is 0.359. The molecule has 0 bridgehead atoms.